The topological polar surface area (TPSA) is 72.6 Å². The highest BCUT2D eigenvalue weighted by molar-refractivity contribution is 7.24. The van der Waals surface area contributed by atoms with Gasteiger partial charge in [-0.25, -0.2) is 9.42 Å². The van der Waals surface area contributed by atoms with E-state index in [0.717, 1.165) is 0 Å². The lowest BCUT2D eigenvalue weighted by molar-refractivity contribution is -0.118. The van der Waals surface area contributed by atoms with Crippen LogP contribution in [-0.2, 0) is 9.32 Å². The van der Waals surface area contributed by atoms with E-state index < -0.39 is 15.1 Å². The quantitative estimate of drug-likeness (QED) is 0.515. The monoisotopic (exact) mass is 152 g/mol. The second kappa shape index (κ2) is 4.82. The zero-order valence-electron chi connectivity index (χ0n) is 5.20. The molecule has 0 amide bonds. The molecule has 0 saturated carbocycles. The molecule has 0 bridgehead atoms. The molecule has 2 unspecified atom stereocenters. The minimum Gasteiger partial charge on any atom is -0.319 e. The number of hydrogen-bond acceptors (Lipinski definition) is 4. The molecule has 0 aromatic heterocycles. The first kappa shape index (κ1) is 8.98. The standard InChI is InChI=1S/C4H11NO3P/c1-3(6)4(5)2-8-9-7/h4,7H,2,5,9H2,1H3/q+1. The van der Waals surface area contributed by atoms with Gasteiger partial charge in [-0.15, -0.1) is 0 Å². The van der Waals surface area contributed by atoms with Crippen LogP contribution < -0.4 is 5.73 Å². The summed E-state index contributed by atoms with van der Waals surface area (Å²) in [6, 6.07) is -0.579. The van der Waals surface area contributed by atoms with Crippen LogP contribution in [0.15, 0.2) is 0 Å². The number of nitrogens with two attached hydrogens (primary N) is 1. The van der Waals surface area contributed by atoms with Crippen LogP contribution in [0, 0.1) is 0 Å². The first-order valence-corrected chi connectivity index (χ1v) is 3.50. The van der Waals surface area contributed by atoms with Crippen molar-refractivity contribution in [2.75, 3.05) is 6.61 Å². The highest BCUT2D eigenvalue weighted by atomic mass is 31.1. The second-order valence-electron chi connectivity index (χ2n) is 1.66. The fourth-order valence-electron chi connectivity index (χ4n) is 0.264. The Morgan fingerprint density at radius 2 is 2.56 bits per heavy atom. The molecular weight excluding hydrogens is 141 g/mol. The van der Waals surface area contributed by atoms with Crippen molar-refractivity contribution in [1.82, 2.24) is 0 Å². The Hall–Kier alpha value is -0.0200. The van der Waals surface area contributed by atoms with Gasteiger partial charge >= 0.3 is 0 Å². The molecule has 54 valence electrons. The number of carbonyl (C=O) groups is 1. The maximum Gasteiger partial charge on any atom is 0.247 e. The van der Waals surface area contributed by atoms with Gasteiger partial charge in [-0.05, 0) is 6.92 Å². The Morgan fingerprint density at radius 3 is 2.89 bits per heavy atom. The minimum absolute atomic E-state index is 0.122. The van der Waals surface area contributed by atoms with E-state index in [1.54, 1.807) is 0 Å². The SMILES string of the molecule is CC(=O)C(N)CO[PH2+]O. The van der Waals surface area contributed by atoms with Crippen LogP contribution >= 0.6 is 9.03 Å². The van der Waals surface area contributed by atoms with Crippen LogP contribution in [0.5, 0.6) is 0 Å². The van der Waals surface area contributed by atoms with Gasteiger partial charge in [0.15, 0.2) is 0 Å². The summed E-state index contributed by atoms with van der Waals surface area (Å²) in [5.41, 5.74) is 5.23. The highest BCUT2D eigenvalue weighted by Gasteiger charge is 2.08. The van der Waals surface area contributed by atoms with Crippen LogP contribution in [0.25, 0.3) is 0 Å². The van der Waals surface area contributed by atoms with E-state index in [9.17, 15) is 4.79 Å². The summed E-state index contributed by atoms with van der Waals surface area (Å²) in [5, 5.41) is 0. The molecular formula is C4H11NO3P+. The molecule has 3 N–H and O–H groups in total. The molecule has 0 aliphatic heterocycles. The average molecular weight is 152 g/mol. The molecule has 0 aromatic rings. The third kappa shape index (κ3) is 4.48. The van der Waals surface area contributed by atoms with Gasteiger partial charge in [0.1, 0.15) is 12.4 Å². The third-order valence-electron chi connectivity index (χ3n) is 0.872. The van der Waals surface area contributed by atoms with E-state index in [4.69, 9.17) is 10.6 Å². The number of carbonyl (C=O) groups excluding carboxylic acids is 1. The molecule has 5 heteroatoms. The lowest BCUT2D eigenvalue weighted by atomic mass is 10.2. The van der Waals surface area contributed by atoms with Crippen molar-refractivity contribution in [3.05, 3.63) is 0 Å². The van der Waals surface area contributed by atoms with Gasteiger partial charge in [-0.2, -0.15) is 0 Å². The van der Waals surface area contributed by atoms with Crippen molar-refractivity contribution >= 4 is 14.8 Å². The molecule has 0 saturated heterocycles. The number of ketones is 1. The van der Waals surface area contributed by atoms with Gasteiger partial charge in [0.25, 0.3) is 0 Å². The summed E-state index contributed by atoms with van der Waals surface area (Å²) in [6.07, 6.45) is 0. The Labute approximate surface area is 55.3 Å². The molecule has 0 spiro atoms. The zero-order chi connectivity index (χ0) is 7.28. The van der Waals surface area contributed by atoms with E-state index in [1.807, 2.05) is 0 Å². The van der Waals surface area contributed by atoms with Crippen LogP contribution in [-0.4, -0.2) is 23.3 Å². The maximum absolute atomic E-state index is 10.4. The number of hydrogen-bond donors (Lipinski definition) is 2. The van der Waals surface area contributed by atoms with Crippen molar-refractivity contribution in [2.24, 2.45) is 5.73 Å². The molecule has 4 nitrogen and oxygen atoms in total. The molecule has 0 aromatic carbocycles. The predicted octanol–water partition coefficient (Wildman–Crippen LogP) is -0.848. The first-order chi connectivity index (χ1) is 4.18. The van der Waals surface area contributed by atoms with Crippen molar-refractivity contribution in [3.63, 3.8) is 0 Å². The van der Waals surface area contributed by atoms with E-state index in [0.29, 0.717) is 0 Å². The zero-order valence-corrected chi connectivity index (χ0v) is 6.36. The summed E-state index contributed by atoms with van der Waals surface area (Å²) in [4.78, 5) is 18.6. The largest absolute Gasteiger partial charge is 0.319 e. The van der Waals surface area contributed by atoms with Gasteiger partial charge in [0.05, 0.1) is 6.04 Å². The maximum atomic E-state index is 10.4. The molecule has 0 rings (SSSR count). The summed E-state index contributed by atoms with van der Waals surface area (Å²) < 4.78 is 4.55. The fraction of sp³-hybridized carbons (Fsp3) is 0.750. The van der Waals surface area contributed by atoms with Crippen molar-refractivity contribution < 1.29 is 14.2 Å². The minimum atomic E-state index is -0.991. The molecule has 0 fully saturated rings. The lowest BCUT2D eigenvalue weighted by Crippen LogP contribution is -2.32. The van der Waals surface area contributed by atoms with Gasteiger partial charge in [-0.3, -0.25) is 4.79 Å². The van der Waals surface area contributed by atoms with Crippen LogP contribution in [0.2, 0.25) is 0 Å². The lowest BCUT2D eigenvalue weighted by Gasteiger charge is -2.01. The van der Waals surface area contributed by atoms with E-state index >= 15 is 0 Å². The van der Waals surface area contributed by atoms with Crippen LogP contribution in [0.3, 0.4) is 0 Å². The van der Waals surface area contributed by atoms with Crippen molar-refractivity contribution in [3.8, 4) is 0 Å². The second-order valence-corrected chi connectivity index (χ2v) is 2.20. The highest BCUT2D eigenvalue weighted by Crippen LogP contribution is 2.02. The van der Waals surface area contributed by atoms with E-state index in [-0.39, 0.29) is 12.4 Å². The molecule has 0 radical (unpaired) electrons. The number of rotatable bonds is 4. The van der Waals surface area contributed by atoms with Crippen molar-refractivity contribution in [2.45, 2.75) is 13.0 Å². The van der Waals surface area contributed by atoms with Crippen molar-refractivity contribution in [1.29, 1.82) is 0 Å². The Bertz CT molecular complexity index is 97.8. The first-order valence-electron chi connectivity index (χ1n) is 2.52. The Morgan fingerprint density at radius 1 is 2.00 bits per heavy atom. The molecule has 0 heterocycles. The summed E-state index contributed by atoms with van der Waals surface area (Å²) >= 11 is 0. The molecule has 2 atom stereocenters. The summed E-state index contributed by atoms with van der Waals surface area (Å²) in [7, 11) is -0.991. The Kier molecular flexibility index (Phi) is 4.81. The van der Waals surface area contributed by atoms with Crippen LogP contribution in [0.1, 0.15) is 6.92 Å². The molecule has 0 aliphatic carbocycles. The third-order valence-corrected chi connectivity index (χ3v) is 1.21. The summed E-state index contributed by atoms with van der Waals surface area (Å²) in [6.45, 7) is 1.52. The fourth-order valence-corrected chi connectivity index (χ4v) is 0.557. The van der Waals surface area contributed by atoms with Gasteiger partial charge < -0.3 is 5.73 Å². The average Bonchev–Trinajstić information content (AvgIpc) is 1.82. The van der Waals surface area contributed by atoms with E-state index in [2.05, 4.69) is 4.52 Å². The molecule has 9 heavy (non-hydrogen) atoms. The van der Waals surface area contributed by atoms with Crippen LogP contribution in [0.4, 0.5) is 0 Å². The summed E-state index contributed by atoms with van der Waals surface area (Å²) in [5.74, 6) is -0.122. The Balaban J connectivity index is 3.27. The normalized spacial score (nSPS) is 14.6. The van der Waals surface area contributed by atoms with Gasteiger partial charge in [-0.1, -0.05) is 0 Å². The number of Topliss-reactive ketones (excluding diaryl/α,β-unsaturated/α-hetero) is 1. The predicted molar refractivity (Wildman–Crippen MR) is 36.5 cm³/mol. The van der Waals surface area contributed by atoms with Gasteiger partial charge in [0.2, 0.25) is 9.03 Å². The smallest absolute Gasteiger partial charge is 0.247 e. The molecule has 0 aliphatic rings. The van der Waals surface area contributed by atoms with E-state index in [1.165, 1.54) is 6.92 Å². The van der Waals surface area contributed by atoms with Gasteiger partial charge in [0, 0.05) is 0 Å².